The van der Waals surface area contributed by atoms with E-state index in [4.69, 9.17) is 9.47 Å². The maximum Gasteiger partial charge on any atom is 0.231 e. The smallest absolute Gasteiger partial charge is 0.231 e. The molecule has 0 aromatic heterocycles. The molecule has 1 N–H and O–H groups in total. The van der Waals surface area contributed by atoms with E-state index in [0.29, 0.717) is 5.75 Å². The number of hydrogen-bond donors (Lipinski definition) is 1. The molecule has 1 aliphatic rings. The lowest BCUT2D eigenvalue weighted by Gasteiger charge is -2.09. The zero-order valence-corrected chi connectivity index (χ0v) is 13.3. The molecule has 1 aromatic carbocycles. The molecule has 2 rings (SSSR count). The van der Waals surface area contributed by atoms with Crippen molar-refractivity contribution in [3.63, 3.8) is 0 Å². The van der Waals surface area contributed by atoms with Crippen molar-refractivity contribution in [2.75, 3.05) is 12.5 Å². The van der Waals surface area contributed by atoms with Gasteiger partial charge in [0.1, 0.15) is 0 Å². The molecule has 0 saturated carbocycles. The largest absolute Gasteiger partial charge is 0.454 e. The van der Waals surface area contributed by atoms with Crippen molar-refractivity contribution in [3.8, 4) is 11.5 Å². The fourth-order valence-electron chi connectivity index (χ4n) is 1.69. The third-order valence-electron chi connectivity index (χ3n) is 2.48. The standard InChI is InChI=1S/C13H16BrNO3S/c1-8(2)15-13(16)6-19-5-9-3-11-12(4-10(9)14)18-7-17-11/h3-4,8H,5-7H2,1-2H3,(H,15,16). The van der Waals surface area contributed by atoms with Crippen molar-refractivity contribution >= 4 is 33.6 Å². The summed E-state index contributed by atoms with van der Waals surface area (Å²) in [7, 11) is 0. The van der Waals surface area contributed by atoms with Crippen molar-refractivity contribution in [1.29, 1.82) is 0 Å². The average molecular weight is 346 g/mol. The molecular weight excluding hydrogens is 330 g/mol. The number of thioether (sulfide) groups is 1. The van der Waals surface area contributed by atoms with Crippen LogP contribution in [0.25, 0.3) is 0 Å². The van der Waals surface area contributed by atoms with E-state index in [1.807, 2.05) is 26.0 Å². The zero-order chi connectivity index (χ0) is 13.8. The molecule has 0 radical (unpaired) electrons. The van der Waals surface area contributed by atoms with Crippen LogP contribution in [0.1, 0.15) is 19.4 Å². The second-order valence-corrected chi connectivity index (χ2v) is 6.35. The topological polar surface area (TPSA) is 47.6 Å². The van der Waals surface area contributed by atoms with Crippen molar-refractivity contribution in [1.82, 2.24) is 5.32 Å². The van der Waals surface area contributed by atoms with Crippen LogP contribution >= 0.6 is 27.7 Å². The molecule has 1 aromatic rings. The highest BCUT2D eigenvalue weighted by molar-refractivity contribution is 9.10. The quantitative estimate of drug-likeness (QED) is 0.891. The lowest BCUT2D eigenvalue weighted by atomic mass is 10.2. The van der Waals surface area contributed by atoms with Gasteiger partial charge >= 0.3 is 0 Å². The highest BCUT2D eigenvalue weighted by Crippen LogP contribution is 2.38. The number of carbonyl (C=O) groups is 1. The van der Waals surface area contributed by atoms with Gasteiger partial charge in [0, 0.05) is 16.3 Å². The van der Waals surface area contributed by atoms with E-state index < -0.39 is 0 Å². The minimum atomic E-state index is 0.0665. The number of ether oxygens (including phenoxy) is 2. The Labute approximate surface area is 125 Å². The van der Waals surface area contributed by atoms with E-state index in [0.717, 1.165) is 27.3 Å². The van der Waals surface area contributed by atoms with Gasteiger partial charge in [-0.25, -0.2) is 0 Å². The molecule has 1 amide bonds. The summed E-state index contributed by atoms with van der Waals surface area (Å²) in [5.74, 6) is 2.81. The summed E-state index contributed by atoms with van der Waals surface area (Å²) in [6.45, 7) is 4.18. The Kier molecular flexibility index (Phi) is 4.99. The zero-order valence-electron chi connectivity index (χ0n) is 10.9. The molecule has 0 aliphatic carbocycles. The molecule has 0 fully saturated rings. The van der Waals surface area contributed by atoms with Gasteiger partial charge in [-0.3, -0.25) is 4.79 Å². The van der Waals surface area contributed by atoms with Gasteiger partial charge in [-0.05, 0) is 31.5 Å². The van der Waals surface area contributed by atoms with Gasteiger partial charge in [0.05, 0.1) is 5.75 Å². The van der Waals surface area contributed by atoms with Gasteiger partial charge in [-0.2, -0.15) is 0 Å². The Balaban J connectivity index is 1.88. The van der Waals surface area contributed by atoms with Gasteiger partial charge in [-0.1, -0.05) is 15.9 Å². The lowest BCUT2D eigenvalue weighted by Crippen LogP contribution is -2.31. The number of hydrogen-bond acceptors (Lipinski definition) is 4. The first-order valence-electron chi connectivity index (χ1n) is 6.01. The van der Waals surface area contributed by atoms with Crippen LogP contribution in [0.5, 0.6) is 11.5 Å². The van der Waals surface area contributed by atoms with Gasteiger partial charge in [0.25, 0.3) is 0 Å². The number of fused-ring (bicyclic) bond motifs is 1. The molecule has 4 nitrogen and oxygen atoms in total. The highest BCUT2D eigenvalue weighted by atomic mass is 79.9. The van der Waals surface area contributed by atoms with E-state index in [2.05, 4.69) is 21.2 Å². The highest BCUT2D eigenvalue weighted by Gasteiger charge is 2.16. The number of benzene rings is 1. The van der Waals surface area contributed by atoms with Gasteiger partial charge in [0.2, 0.25) is 12.7 Å². The SMILES string of the molecule is CC(C)NC(=O)CSCc1cc2c(cc1Br)OCO2. The molecule has 0 spiro atoms. The van der Waals surface area contributed by atoms with Gasteiger partial charge in [0.15, 0.2) is 11.5 Å². The van der Waals surface area contributed by atoms with Gasteiger partial charge in [-0.15, -0.1) is 11.8 Å². The van der Waals surface area contributed by atoms with E-state index in [1.165, 1.54) is 0 Å². The number of rotatable bonds is 5. The Morgan fingerprint density at radius 1 is 1.42 bits per heavy atom. The van der Waals surface area contributed by atoms with Crippen LogP contribution in [-0.4, -0.2) is 24.5 Å². The predicted molar refractivity (Wildman–Crippen MR) is 79.7 cm³/mol. The van der Waals surface area contributed by atoms with Crippen molar-refractivity contribution in [2.24, 2.45) is 0 Å². The first-order valence-corrected chi connectivity index (χ1v) is 7.96. The molecule has 0 saturated heterocycles. The molecular formula is C13H16BrNO3S. The molecule has 0 unspecified atom stereocenters. The van der Waals surface area contributed by atoms with Crippen molar-refractivity contribution in [3.05, 3.63) is 22.2 Å². The van der Waals surface area contributed by atoms with Crippen LogP contribution in [0, 0.1) is 0 Å². The summed E-state index contributed by atoms with van der Waals surface area (Å²) in [5.41, 5.74) is 1.10. The minimum Gasteiger partial charge on any atom is -0.454 e. The number of halogens is 1. The summed E-state index contributed by atoms with van der Waals surface area (Å²) >= 11 is 5.09. The second-order valence-electron chi connectivity index (χ2n) is 4.51. The van der Waals surface area contributed by atoms with Crippen LogP contribution in [0.4, 0.5) is 0 Å². The van der Waals surface area contributed by atoms with Crippen LogP contribution in [-0.2, 0) is 10.5 Å². The van der Waals surface area contributed by atoms with Crippen LogP contribution < -0.4 is 14.8 Å². The summed E-state index contributed by atoms with van der Waals surface area (Å²) in [4.78, 5) is 11.5. The normalized spacial score (nSPS) is 12.8. The molecule has 104 valence electrons. The minimum absolute atomic E-state index is 0.0665. The predicted octanol–water partition coefficient (Wildman–Crippen LogP) is 2.94. The monoisotopic (exact) mass is 345 g/mol. The Morgan fingerprint density at radius 3 is 2.79 bits per heavy atom. The van der Waals surface area contributed by atoms with Crippen LogP contribution in [0.15, 0.2) is 16.6 Å². The Hall–Kier alpha value is -0.880. The fourth-order valence-corrected chi connectivity index (χ4v) is 3.16. The van der Waals surface area contributed by atoms with E-state index in [-0.39, 0.29) is 18.7 Å². The second kappa shape index (κ2) is 6.52. The number of nitrogens with one attached hydrogen (secondary N) is 1. The number of amides is 1. The molecule has 0 atom stereocenters. The Bertz CT molecular complexity index is 479. The molecule has 19 heavy (non-hydrogen) atoms. The fraction of sp³-hybridized carbons (Fsp3) is 0.462. The average Bonchev–Trinajstić information content (AvgIpc) is 2.75. The first-order chi connectivity index (χ1) is 9.06. The molecule has 0 bridgehead atoms. The summed E-state index contributed by atoms with van der Waals surface area (Å²) < 4.78 is 11.6. The third-order valence-corrected chi connectivity index (χ3v) is 4.20. The third kappa shape index (κ3) is 4.04. The summed E-state index contributed by atoms with van der Waals surface area (Å²) in [6.07, 6.45) is 0. The van der Waals surface area contributed by atoms with E-state index in [9.17, 15) is 4.79 Å². The summed E-state index contributed by atoms with van der Waals surface area (Å²) in [6, 6.07) is 4.05. The first kappa shape index (κ1) is 14.5. The van der Waals surface area contributed by atoms with Crippen molar-refractivity contribution in [2.45, 2.75) is 25.6 Å². The van der Waals surface area contributed by atoms with Gasteiger partial charge < -0.3 is 14.8 Å². The molecule has 1 aliphatic heterocycles. The van der Waals surface area contributed by atoms with Crippen LogP contribution in [0.2, 0.25) is 0 Å². The van der Waals surface area contributed by atoms with Crippen molar-refractivity contribution < 1.29 is 14.3 Å². The summed E-state index contributed by atoms with van der Waals surface area (Å²) in [5, 5.41) is 2.87. The van der Waals surface area contributed by atoms with E-state index >= 15 is 0 Å². The maximum atomic E-state index is 11.5. The molecule has 1 heterocycles. The van der Waals surface area contributed by atoms with Crippen LogP contribution in [0.3, 0.4) is 0 Å². The number of carbonyl (C=O) groups excluding carboxylic acids is 1. The Morgan fingerprint density at radius 2 is 2.11 bits per heavy atom. The lowest BCUT2D eigenvalue weighted by molar-refractivity contribution is -0.119. The molecule has 6 heteroatoms. The maximum absolute atomic E-state index is 11.5. The van der Waals surface area contributed by atoms with E-state index in [1.54, 1.807) is 11.8 Å².